The van der Waals surface area contributed by atoms with E-state index in [1.54, 1.807) is 6.07 Å². The Bertz CT molecular complexity index is 355. The molecule has 1 aromatic rings. The number of rotatable bonds is 4. The quantitative estimate of drug-likeness (QED) is 0.803. The van der Waals surface area contributed by atoms with Gasteiger partial charge in [0.1, 0.15) is 11.8 Å². The van der Waals surface area contributed by atoms with Gasteiger partial charge < -0.3 is 10.1 Å². The molecule has 0 radical (unpaired) electrons. The first-order valence-corrected chi connectivity index (χ1v) is 5.01. The molecule has 15 heavy (non-hydrogen) atoms. The van der Waals surface area contributed by atoms with Crippen molar-refractivity contribution in [3.63, 3.8) is 0 Å². The monoisotopic (exact) mass is 228 g/mol. The summed E-state index contributed by atoms with van der Waals surface area (Å²) < 4.78 is 4.96. The summed E-state index contributed by atoms with van der Waals surface area (Å²) in [6.07, 6.45) is 1.51. The van der Waals surface area contributed by atoms with Gasteiger partial charge in [-0.1, -0.05) is 11.6 Å². The smallest absolute Gasteiger partial charge is 0.250 e. The Morgan fingerprint density at radius 2 is 2.40 bits per heavy atom. The number of halogens is 1. The molecular weight excluding hydrogens is 216 g/mol. The maximum absolute atomic E-state index is 11.3. The van der Waals surface area contributed by atoms with Crippen molar-refractivity contribution in [2.75, 3.05) is 18.5 Å². The van der Waals surface area contributed by atoms with Gasteiger partial charge in [-0.15, -0.1) is 0 Å². The number of carbonyl (C=O) groups is 1. The Morgan fingerprint density at radius 3 is 3.00 bits per heavy atom. The van der Waals surface area contributed by atoms with Crippen LogP contribution in [0.5, 0.6) is 0 Å². The van der Waals surface area contributed by atoms with Crippen molar-refractivity contribution >= 4 is 23.2 Å². The van der Waals surface area contributed by atoms with E-state index in [-0.39, 0.29) is 12.5 Å². The fraction of sp³-hybridized carbons (Fsp3) is 0.400. The molecule has 82 valence electrons. The minimum Gasteiger partial charge on any atom is -0.372 e. The van der Waals surface area contributed by atoms with E-state index >= 15 is 0 Å². The van der Waals surface area contributed by atoms with Gasteiger partial charge in [0.25, 0.3) is 0 Å². The summed E-state index contributed by atoms with van der Waals surface area (Å²) in [7, 11) is 0. The Hall–Kier alpha value is -1.13. The molecule has 0 saturated heterocycles. The van der Waals surface area contributed by atoms with Crippen molar-refractivity contribution in [3.8, 4) is 0 Å². The van der Waals surface area contributed by atoms with Crippen LogP contribution in [0.3, 0.4) is 0 Å². The van der Waals surface area contributed by atoms with Gasteiger partial charge in [0.05, 0.1) is 11.9 Å². The number of amides is 1. The van der Waals surface area contributed by atoms with E-state index in [0.29, 0.717) is 17.4 Å². The van der Waals surface area contributed by atoms with Crippen LogP contribution < -0.4 is 5.32 Å². The highest BCUT2D eigenvalue weighted by atomic mass is 35.5. The summed E-state index contributed by atoms with van der Waals surface area (Å²) in [6, 6.07) is 1.76. The lowest BCUT2D eigenvalue weighted by atomic mass is 10.3. The van der Waals surface area contributed by atoms with E-state index in [1.807, 2.05) is 13.8 Å². The van der Waals surface area contributed by atoms with Crippen molar-refractivity contribution in [2.24, 2.45) is 0 Å². The van der Waals surface area contributed by atoms with Gasteiger partial charge in [0, 0.05) is 6.61 Å². The first-order valence-electron chi connectivity index (χ1n) is 4.63. The molecule has 1 aromatic heterocycles. The predicted molar refractivity (Wildman–Crippen MR) is 59.1 cm³/mol. The van der Waals surface area contributed by atoms with Crippen LogP contribution in [0.25, 0.3) is 0 Å². The number of hydrogen-bond acceptors (Lipinski definition) is 3. The molecule has 0 fully saturated rings. The first-order chi connectivity index (χ1) is 7.13. The summed E-state index contributed by atoms with van der Waals surface area (Å²) in [5, 5.41) is 3.10. The molecule has 0 bridgehead atoms. The minimum atomic E-state index is -0.194. The standard InChI is InChI=1S/C10H13ClN2O2/c1-3-15-6-9(14)13-8-4-7(2)10(11)12-5-8/h4-5H,3,6H2,1-2H3,(H,13,14). The lowest BCUT2D eigenvalue weighted by Gasteiger charge is -2.06. The number of nitrogens with zero attached hydrogens (tertiary/aromatic N) is 1. The van der Waals surface area contributed by atoms with Crippen LogP contribution in [0.4, 0.5) is 5.69 Å². The third-order valence-corrected chi connectivity index (χ3v) is 2.13. The van der Waals surface area contributed by atoms with Gasteiger partial charge in [-0.2, -0.15) is 0 Å². The molecule has 0 aliphatic heterocycles. The van der Waals surface area contributed by atoms with Crippen molar-refractivity contribution < 1.29 is 9.53 Å². The van der Waals surface area contributed by atoms with Crippen LogP contribution in [-0.4, -0.2) is 24.1 Å². The molecule has 0 saturated carbocycles. The highest BCUT2D eigenvalue weighted by Crippen LogP contribution is 2.15. The predicted octanol–water partition coefficient (Wildman–Crippen LogP) is 2.02. The zero-order valence-corrected chi connectivity index (χ0v) is 9.47. The second-order valence-electron chi connectivity index (χ2n) is 3.02. The fourth-order valence-electron chi connectivity index (χ4n) is 1.02. The summed E-state index contributed by atoms with van der Waals surface area (Å²) in [4.78, 5) is 15.2. The number of aromatic nitrogens is 1. The number of carbonyl (C=O) groups excluding carboxylic acids is 1. The maximum atomic E-state index is 11.3. The SMILES string of the molecule is CCOCC(=O)Nc1cnc(Cl)c(C)c1. The van der Waals surface area contributed by atoms with Gasteiger partial charge >= 0.3 is 0 Å². The topological polar surface area (TPSA) is 51.2 Å². The van der Waals surface area contributed by atoms with E-state index in [1.165, 1.54) is 6.20 Å². The van der Waals surface area contributed by atoms with Crippen LogP contribution in [0.15, 0.2) is 12.3 Å². The normalized spacial score (nSPS) is 10.1. The highest BCUT2D eigenvalue weighted by molar-refractivity contribution is 6.30. The molecule has 0 unspecified atom stereocenters. The molecule has 5 heteroatoms. The summed E-state index contributed by atoms with van der Waals surface area (Å²) in [5.74, 6) is -0.194. The Labute approximate surface area is 93.6 Å². The number of pyridine rings is 1. The number of anilines is 1. The van der Waals surface area contributed by atoms with Crippen molar-refractivity contribution in [1.29, 1.82) is 0 Å². The lowest BCUT2D eigenvalue weighted by Crippen LogP contribution is -2.18. The highest BCUT2D eigenvalue weighted by Gasteiger charge is 2.03. The lowest BCUT2D eigenvalue weighted by molar-refractivity contribution is -0.120. The van der Waals surface area contributed by atoms with Crippen LogP contribution >= 0.6 is 11.6 Å². The van der Waals surface area contributed by atoms with Gasteiger partial charge in [-0.05, 0) is 25.5 Å². The van der Waals surface area contributed by atoms with Gasteiger partial charge in [0.15, 0.2) is 0 Å². The maximum Gasteiger partial charge on any atom is 0.250 e. The summed E-state index contributed by atoms with van der Waals surface area (Å²) in [5.41, 5.74) is 1.45. The van der Waals surface area contributed by atoms with Crippen LogP contribution in [0, 0.1) is 6.92 Å². The molecule has 1 amide bonds. The molecule has 0 spiro atoms. The number of hydrogen-bond donors (Lipinski definition) is 1. The third-order valence-electron chi connectivity index (χ3n) is 1.74. The Kier molecular flexibility index (Phi) is 4.52. The average molecular weight is 229 g/mol. The van der Waals surface area contributed by atoms with E-state index in [0.717, 1.165) is 5.56 Å². The zero-order valence-electron chi connectivity index (χ0n) is 8.71. The molecule has 0 aliphatic rings. The molecule has 0 atom stereocenters. The molecular formula is C10H13ClN2O2. The zero-order chi connectivity index (χ0) is 11.3. The van der Waals surface area contributed by atoms with Crippen LogP contribution in [0.2, 0.25) is 5.15 Å². The number of ether oxygens (including phenoxy) is 1. The molecule has 0 aromatic carbocycles. The number of nitrogens with one attached hydrogen (secondary N) is 1. The Morgan fingerprint density at radius 1 is 1.67 bits per heavy atom. The average Bonchev–Trinajstić information content (AvgIpc) is 2.20. The largest absolute Gasteiger partial charge is 0.372 e. The molecule has 1 heterocycles. The first kappa shape index (κ1) is 11.9. The minimum absolute atomic E-state index is 0.0537. The van der Waals surface area contributed by atoms with E-state index in [4.69, 9.17) is 16.3 Å². The molecule has 4 nitrogen and oxygen atoms in total. The molecule has 1 N–H and O–H groups in total. The van der Waals surface area contributed by atoms with Crippen molar-refractivity contribution in [2.45, 2.75) is 13.8 Å². The van der Waals surface area contributed by atoms with Crippen LogP contribution in [0.1, 0.15) is 12.5 Å². The Balaban J connectivity index is 2.57. The summed E-state index contributed by atoms with van der Waals surface area (Å²) in [6.45, 7) is 4.23. The van der Waals surface area contributed by atoms with Gasteiger partial charge in [0.2, 0.25) is 5.91 Å². The van der Waals surface area contributed by atoms with E-state index in [9.17, 15) is 4.79 Å². The molecule has 0 aliphatic carbocycles. The third kappa shape index (κ3) is 3.85. The van der Waals surface area contributed by atoms with Crippen molar-refractivity contribution in [3.05, 3.63) is 23.0 Å². The van der Waals surface area contributed by atoms with Crippen molar-refractivity contribution in [1.82, 2.24) is 4.98 Å². The second-order valence-corrected chi connectivity index (χ2v) is 3.38. The number of aryl methyl sites for hydroxylation is 1. The van der Waals surface area contributed by atoms with E-state index in [2.05, 4.69) is 10.3 Å². The molecule has 1 rings (SSSR count). The second kappa shape index (κ2) is 5.68. The summed E-state index contributed by atoms with van der Waals surface area (Å²) >= 11 is 5.75. The van der Waals surface area contributed by atoms with Gasteiger partial charge in [-0.3, -0.25) is 4.79 Å². The van der Waals surface area contributed by atoms with Gasteiger partial charge in [-0.25, -0.2) is 4.98 Å². The fourth-order valence-corrected chi connectivity index (χ4v) is 1.12. The van der Waals surface area contributed by atoms with E-state index < -0.39 is 0 Å². The van der Waals surface area contributed by atoms with Crippen LogP contribution in [-0.2, 0) is 9.53 Å².